The van der Waals surface area contributed by atoms with E-state index in [0.717, 1.165) is 29.0 Å². The molecule has 116 valence electrons. The molecule has 0 radical (unpaired) electrons. The third kappa shape index (κ3) is 1.88. The number of ether oxygens (including phenoxy) is 1. The molecule has 1 atom stereocenters. The van der Waals surface area contributed by atoms with Crippen molar-refractivity contribution in [2.24, 2.45) is 0 Å². The lowest BCUT2D eigenvalue weighted by Crippen LogP contribution is -2.37. The van der Waals surface area contributed by atoms with Crippen molar-refractivity contribution in [3.05, 3.63) is 16.8 Å². The van der Waals surface area contributed by atoms with Gasteiger partial charge >= 0.3 is 6.09 Å². The summed E-state index contributed by atoms with van der Waals surface area (Å²) in [6, 6.07) is 0. The van der Waals surface area contributed by atoms with E-state index < -0.39 is 0 Å². The van der Waals surface area contributed by atoms with Crippen LogP contribution in [0.4, 0.5) is 10.6 Å². The van der Waals surface area contributed by atoms with Gasteiger partial charge in [0.15, 0.2) is 5.60 Å². The molecule has 0 N–H and O–H groups in total. The number of rotatable bonds is 1. The minimum absolute atomic E-state index is 0.225. The summed E-state index contributed by atoms with van der Waals surface area (Å²) in [7, 11) is 1.79. The molecule has 2 aromatic heterocycles. The molecular formula is C15H18N4O2S. The second-order valence-electron chi connectivity index (χ2n) is 6.24. The maximum absolute atomic E-state index is 11.7. The van der Waals surface area contributed by atoms with Gasteiger partial charge in [0.25, 0.3) is 0 Å². The summed E-state index contributed by atoms with van der Waals surface area (Å²) >= 11 is 1.70. The van der Waals surface area contributed by atoms with Gasteiger partial charge in [0.05, 0.1) is 18.5 Å². The zero-order valence-corrected chi connectivity index (χ0v) is 13.7. The number of carbonyl (C=O) groups is 1. The fraction of sp³-hybridized carbons (Fsp3) is 0.533. The monoisotopic (exact) mass is 318 g/mol. The van der Waals surface area contributed by atoms with E-state index in [1.54, 1.807) is 29.6 Å². The summed E-state index contributed by atoms with van der Waals surface area (Å²) < 4.78 is 5.63. The molecule has 1 spiro atoms. The Morgan fingerprint density at radius 1 is 1.32 bits per heavy atom. The van der Waals surface area contributed by atoms with Crippen molar-refractivity contribution in [3.63, 3.8) is 0 Å². The highest BCUT2D eigenvalue weighted by molar-refractivity contribution is 7.18. The van der Waals surface area contributed by atoms with Crippen LogP contribution in [0.5, 0.6) is 0 Å². The quantitative estimate of drug-likeness (QED) is 0.808. The molecule has 0 saturated carbocycles. The largest absolute Gasteiger partial charge is 0.439 e. The Morgan fingerprint density at radius 2 is 2.14 bits per heavy atom. The molecule has 4 heterocycles. The van der Waals surface area contributed by atoms with E-state index in [1.165, 1.54) is 10.4 Å². The number of thiophene rings is 1. The number of amides is 1. The summed E-state index contributed by atoms with van der Waals surface area (Å²) in [5.74, 6) is 0.967. The van der Waals surface area contributed by atoms with Crippen LogP contribution >= 0.6 is 11.3 Å². The van der Waals surface area contributed by atoms with Gasteiger partial charge in [-0.05, 0) is 19.4 Å². The predicted molar refractivity (Wildman–Crippen MR) is 85.6 cm³/mol. The Bertz CT molecular complexity index is 774. The van der Waals surface area contributed by atoms with Crippen LogP contribution in [0, 0.1) is 13.8 Å². The molecule has 1 unspecified atom stereocenters. The molecule has 1 amide bonds. The van der Waals surface area contributed by atoms with Gasteiger partial charge in [-0.25, -0.2) is 14.8 Å². The highest BCUT2D eigenvalue weighted by Crippen LogP contribution is 2.39. The summed E-state index contributed by atoms with van der Waals surface area (Å²) in [6.45, 7) is 6.43. The van der Waals surface area contributed by atoms with E-state index in [1.807, 2.05) is 0 Å². The highest BCUT2D eigenvalue weighted by Gasteiger charge is 2.49. The topological polar surface area (TPSA) is 58.6 Å². The van der Waals surface area contributed by atoms with Crippen molar-refractivity contribution in [2.75, 3.05) is 31.6 Å². The molecule has 22 heavy (non-hydrogen) atoms. The molecule has 0 bridgehead atoms. The SMILES string of the molecule is Cc1sc2ncnc(N3CCC4(CN(C)C(=O)O4)C3)c2c1C. The van der Waals surface area contributed by atoms with E-state index in [2.05, 4.69) is 28.7 Å². The van der Waals surface area contributed by atoms with Crippen molar-refractivity contribution < 1.29 is 9.53 Å². The van der Waals surface area contributed by atoms with Gasteiger partial charge in [-0.2, -0.15) is 0 Å². The number of likely N-dealkylation sites (N-methyl/N-ethyl adjacent to an activating group) is 1. The number of nitrogens with zero attached hydrogens (tertiary/aromatic N) is 4. The molecule has 2 fully saturated rings. The van der Waals surface area contributed by atoms with Crippen LogP contribution in [0.2, 0.25) is 0 Å². The summed E-state index contributed by atoms with van der Waals surface area (Å²) in [5, 5.41) is 1.14. The number of aryl methyl sites for hydroxylation is 2. The van der Waals surface area contributed by atoms with Gasteiger partial charge in [0.2, 0.25) is 0 Å². The second-order valence-corrected chi connectivity index (χ2v) is 7.44. The smallest absolute Gasteiger partial charge is 0.410 e. The minimum Gasteiger partial charge on any atom is -0.439 e. The van der Waals surface area contributed by atoms with E-state index >= 15 is 0 Å². The first-order valence-corrected chi connectivity index (χ1v) is 8.20. The lowest BCUT2D eigenvalue weighted by molar-refractivity contribution is 0.0742. The van der Waals surface area contributed by atoms with Crippen molar-refractivity contribution >= 4 is 33.5 Å². The molecule has 7 heteroatoms. The molecule has 0 aliphatic carbocycles. The Kier molecular flexibility index (Phi) is 2.84. The Morgan fingerprint density at radius 3 is 2.86 bits per heavy atom. The van der Waals surface area contributed by atoms with Crippen LogP contribution in [-0.4, -0.2) is 53.2 Å². The van der Waals surface area contributed by atoms with Crippen LogP contribution in [-0.2, 0) is 4.74 Å². The van der Waals surface area contributed by atoms with E-state index in [0.29, 0.717) is 13.1 Å². The highest BCUT2D eigenvalue weighted by atomic mass is 32.1. The zero-order valence-electron chi connectivity index (χ0n) is 12.9. The second kappa shape index (κ2) is 4.55. The van der Waals surface area contributed by atoms with Crippen LogP contribution < -0.4 is 4.90 Å². The lowest BCUT2D eigenvalue weighted by Gasteiger charge is -2.22. The first-order chi connectivity index (χ1) is 10.5. The minimum atomic E-state index is -0.387. The van der Waals surface area contributed by atoms with Gasteiger partial charge < -0.3 is 14.5 Å². The van der Waals surface area contributed by atoms with Gasteiger partial charge in [0, 0.05) is 24.9 Å². The molecule has 2 aliphatic heterocycles. The number of anilines is 1. The average molecular weight is 318 g/mol. The third-order valence-electron chi connectivity index (χ3n) is 4.70. The molecular weight excluding hydrogens is 300 g/mol. The Labute approximate surface area is 132 Å². The molecule has 2 aromatic rings. The summed E-state index contributed by atoms with van der Waals surface area (Å²) in [4.78, 5) is 26.8. The average Bonchev–Trinajstić information content (AvgIpc) is 3.10. The zero-order chi connectivity index (χ0) is 15.5. The van der Waals surface area contributed by atoms with Gasteiger partial charge in [-0.3, -0.25) is 0 Å². The molecule has 6 nitrogen and oxygen atoms in total. The maximum atomic E-state index is 11.7. The first kappa shape index (κ1) is 13.8. The maximum Gasteiger partial charge on any atom is 0.410 e. The lowest BCUT2D eigenvalue weighted by atomic mass is 10.0. The number of hydrogen-bond acceptors (Lipinski definition) is 6. The van der Waals surface area contributed by atoms with Gasteiger partial charge in [-0.15, -0.1) is 11.3 Å². The molecule has 2 saturated heterocycles. The number of hydrogen-bond donors (Lipinski definition) is 0. The van der Waals surface area contributed by atoms with Crippen molar-refractivity contribution in [1.82, 2.24) is 14.9 Å². The van der Waals surface area contributed by atoms with E-state index in [9.17, 15) is 4.79 Å². The van der Waals surface area contributed by atoms with Crippen molar-refractivity contribution in [2.45, 2.75) is 25.9 Å². The van der Waals surface area contributed by atoms with E-state index in [-0.39, 0.29) is 11.7 Å². The fourth-order valence-electron chi connectivity index (χ4n) is 3.43. The first-order valence-electron chi connectivity index (χ1n) is 7.39. The number of aromatic nitrogens is 2. The van der Waals surface area contributed by atoms with Gasteiger partial charge in [-0.1, -0.05) is 0 Å². The van der Waals surface area contributed by atoms with Crippen LogP contribution in [0.1, 0.15) is 16.9 Å². The molecule has 0 aromatic carbocycles. The number of fused-ring (bicyclic) bond motifs is 1. The van der Waals surface area contributed by atoms with Crippen LogP contribution in [0.25, 0.3) is 10.2 Å². The van der Waals surface area contributed by atoms with Crippen molar-refractivity contribution in [1.29, 1.82) is 0 Å². The van der Waals surface area contributed by atoms with Gasteiger partial charge in [0.1, 0.15) is 17.0 Å². The van der Waals surface area contributed by atoms with E-state index in [4.69, 9.17) is 4.74 Å². The van der Waals surface area contributed by atoms with Crippen LogP contribution in [0.3, 0.4) is 0 Å². The molecule has 4 rings (SSSR count). The van der Waals surface area contributed by atoms with Crippen LogP contribution in [0.15, 0.2) is 6.33 Å². The Balaban J connectivity index is 1.71. The molecule has 2 aliphatic rings. The summed E-state index contributed by atoms with van der Waals surface area (Å²) in [5.41, 5.74) is 0.860. The summed E-state index contributed by atoms with van der Waals surface area (Å²) in [6.07, 6.45) is 2.25. The Hall–Kier alpha value is -1.89. The number of carbonyl (C=O) groups excluding carboxylic acids is 1. The predicted octanol–water partition coefficient (Wildman–Crippen LogP) is 2.34. The normalized spacial score (nSPS) is 24.8. The third-order valence-corrected chi connectivity index (χ3v) is 5.82. The fourth-order valence-corrected chi connectivity index (χ4v) is 4.43. The van der Waals surface area contributed by atoms with Crippen molar-refractivity contribution in [3.8, 4) is 0 Å². The standard InChI is InChI=1S/C15H18N4O2S/c1-9-10(2)22-13-11(9)12(16-8-17-13)19-5-4-15(7-19)6-18(3)14(20)21-15/h8H,4-7H2,1-3H3.